The molecule has 2 saturated heterocycles. The summed E-state index contributed by atoms with van der Waals surface area (Å²) in [4.78, 5) is 15.0. The Labute approximate surface area is 153 Å². The van der Waals surface area contributed by atoms with Gasteiger partial charge in [-0.3, -0.25) is 4.79 Å². The minimum absolute atomic E-state index is 0.0235. The molecule has 4 rings (SSSR count). The molecule has 0 aromatic heterocycles. The molecule has 0 N–H and O–H groups in total. The molecule has 6 nitrogen and oxygen atoms in total. The molecule has 3 heterocycles. The van der Waals surface area contributed by atoms with Crippen molar-refractivity contribution in [3.8, 4) is 11.5 Å². The predicted octanol–water partition coefficient (Wildman–Crippen LogP) is 2.63. The summed E-state index contributed by atoms with van der Waals surface area (Å²) in [5.41, 5.74) is 0.498. The molecule has 0 unspecified atom stereocenters. The summed E-state index contributed by atoms with van der Waals surface area (Å²) < 4.78 is 22.6. The molecule has 140 valence electrons. The van der Waals surface area contributed by atoms with Crippen molar-refractivity contribution in [1.29, 1.82) is 0 Å². The summed E-state index contributed by atoms with van der Waals surface area (Å²) in [7, 11) is 0. The Morgan fingerprint density at radius 3 is 3.15 bits per heavy atom. The second-order valence-corrected chi connectivity index (χ2v) is 7.21. The van der Waals surface area contributed by atoms with Crippen molar-refractivity contribution in [2.75, 3.05) is 39.7 Å². The van der Waals surface area contributed by atoms with E-state index in [0.29, 0.717) is 43.4 Å². The molecule has 0 saturated carbocycles. The maximum atomic E-state index is 13.1. The molecule has 3 aliphatic rings. The largest absolute Gasteiger partial charge is 0.454 e. The number of carbonyl (C=O) groups is 1. The summed E-state index contributed by atoms with van der Waals surface area (Å²) >= 11 is 0. The van der Waals surface area contributed by atoms with E-state index in [1.807, 2.05) is 4.90 Å². The minimum Gasteiger partial charge on any atom is -0.454 e. The van der Waals surface area contributed by atoms with Crippen LogP contribution >= 0.6 is 0 Å². The molecule has 3 aliphatic heterocycles. The molecule has 0 aliphatic carbocycles. The van der Waals surface area contributed by atoms with Crippen LogP contribution in [0.4, 0.5) is 0 Å². The smallest absolute Gasteiger partial charge is 0.254 e. The maximum Gasteiger partial charge on any atom is 0.254 e. The standard InChI is InChI=1S/C20H25NO5/c1-2-9-23-13-20-7-3-10-24-18(20)6-8-21(12-20)19(22)15-4-5-16-17(11-15)26-14-25-16/h2,4-5,11,18H,1,3,6-10,12-14H2/t18-,20+/m0/s1. The van der Waals surface area contributed by atoms with Crippen LogP contribution in [-0.2, 0) is 9.47 Å². The Bertz CT molecular complexity index is 691. The predicted molar refractivity (Wildman–Crippen MR) is 95.5 cm³/mol. The van der Waals surface area contributed by atoms with Crippen molar-refractivity contribution in [3.05, 3.63) is 36.4 Å². The van der Waals surface area contributed by atoms with Gasteiger partial charge in [0.05, 0.1) is 19.3 Å². The monoisotopic (exact) mass is 359 g/mol. The first-order valence-corrected chi connectivity index (χ1v) is 9.21. The van der Waals surface area contributed by atoms with E-state index in [0.717, 1.165) is 25.9 Å². The average molecular weight is 359 g/mol. The number of hydrogen-bond donors (Lipinski definition) is 0. The summed E-state index contributed by atoms with van der Waals surface area (Å²) in [5, 5.41) is 0. The number of carbonyl (C=O) groups excluding carboxylic acids is 1. The van der Waals surface area contributed by atoms with Crippen molar-refractivity contribution in [2.45, 2.75) is 25.4 Å². The van der Waals surface area contributed by atoms with Crippen LogP contribution < -0.4 is 9.47 Å². The van der Waals surface area contributed by atoms with Crippen LogP contribution in [0.1, 0.15) is 29.6 Å². The quantitative estimate of drug-likeness (QED) is 0.598. The van der Waals surface area contributed by atoms with Gasteiger partial charge in [0.25, 0.3) is 5.91 Å². The number of fused-ring (bicyclic) bond motifs is 2. The molecular weight excluding hydrogens is 334 g/mol. The Morgan fingerprint density at radius 1 is 1.38 bits per heavy atom. The van der Waals surface area contributed by atoms with Crippen molar-refractivity contribution in [1.82, 2.24) is 4.90 Å². The molecule has 26 heavy (non-hydrogen) atoms. The van der Waals surface area contributed by atoms with Crippen molar-refractivity contribution < 1.29 is 23.7 Å². The summed E-state index contributed by atoms with van der Waals surface area (Å²) in [6.07, 6.45) is 4.77. The van der Waals surface area contributed by atoms with Crippen molar-refractivity contribution >= 4 is 5.91 Å². The van der Waals surface area contributed by atoms with E-state index >= 15 is 0 Å². The molecule has 0 radical (unpaired) electrons. The molecule has 2 fully saturated rings. The zero-order chi connectivity index (χ0) is 18.0. The fraction of sp³-hybridized carbons (Fsp3) is 0.550. The lowest BCUT2D eigenvalue weighted by molar-refractivity contribution is -0.144. The molecule has 2 atom stereocenters. The average Bonchev–Trinajstić information content (AvgIpc) is 3.15. The first-order valence-electron chi connectivity index (χ1n) is 9.21. The van der Waals surface area contributed by atoms with Gasteiger partial charge in [-0.2, -0.15) is 0 Å². The van der Waals surface area contributed by atoms with Gasteiger partial charge in [-0.1, -0.05) is 6.08 Å². The zero-order valence-electron chi connectivity index (χ0n) is 14.9. The number of amides is 1. The van der Waals surface area contributed by atoms with Crippen LogP contribution in [0.2, 0.25) is 0 Å². The van der Waals surface area contributed by atoms with Gasteiger partial charge in [-0.05, 0) is 37.5 Å². The first kappa shape index (κ1) is 17.4. The topological polar surface area (TPSA) is 57.2 Å². The number of piperidine rings is 1. The van der Waals surface area contributed by atoms with Gasteiger partial charge < -0.3 is 23.8 Å². The van der Waals surface area contributed by atoms with E-state index in [1.54, 1.807) is 24.3 Å². The molecular formula is C20H25NO5. The van der Waals surface area contributed by atoms with Crippen LogP contribution in [0.25, 0.3) is 0 Å². The van der Waals surface area contributed by atoms with Crippen LogP contribution in [0.5, 0.6) is 11.5 Å². The van der Waals surface area contributed by atoms with E-state index in [9.17, 15) is 4.79 Å². The maximum absolute atomic E-state index is 13.1. The van der Waals surface area contributed by atoms with E-state index in [-0.39, 0.29) is 24.2 Å². The Morgan fingerprint density at radius 2 is 2.27 bits per heavy atom. The lowest BCUT2D eigenvalue weighted by Gasteiger charge is -2.50. The fourth-order valence-electron chi connectivity index (χ4n) is 4.23. The summed E-state index contributed by atoms with van der Waals surface area (Å²) in [6.45, 7) is 7.18. The van der Waals surface area contributed by atoms with Gasteiger partial charge in [0.15, 0.2) is 11.5 Å². The number of likely N-dealkylation sites (tertiary alicyclic amines) is 1. The summed E-state index contributed by atoms with van der Waals surface area (Å²) in [6, 6.07) is 5.38. The minimum atomic E-state index is -0.133. The molecule has 6 heteroatoms. The van der Waals surface area contributed by atoms with Gasteiger partial charge in [0, 0.05) is 30.7 Å². The van der Waals surface area contributed by atoms with Crippen LogP contribution in [0, 0.1) is 5.41 Å². The van der Waals surface area contributed by atoms with E-state index in [2.05, 4.69) is 6.58 Å². The third-order valence-electron chi connectivity index (χ3n) is 5.52. The Balaban J connectivity index is 1.51. The SMILES string of the molecule is C=CCOC[C@]12CCCO[C@H]1CCN(C(=O)c1ccc3c(c1)OCO3)C2. The van der Waals surface area contributed by atoms with E-state index < -0.39 is 0 Å². The molecule has 1 aromatic carbocycles. The lowest BCUT2D eigenvalue weighted by atomic mass is 9.73. The lowest BCUT2D eigenvalue weighted by Crippen LogP contribution is -2.58. The first-order chi connectivity index (χ1) is 12.7. The zero-order valence-corrected chi connectivity index (χ0v) is 14.9. The Hall–Kier alpha value is -2.05. The van der Waals surface area contributed by atoms with E-state index in [1.165, 1.54) is 0 Å². The normalized spacial score (nSPS) is 27.1. The molecule has 0 bridgehead atoms. The number of benzene rings is 1. The fourth-order valence-corrected chi connectivity index (χ4v) is 4.23. The highest BCUT2D eigenvalue weighted by molar-refractivity contribution is 5.95. The van der Waals surface area contributed by atoms with E-state index in [4.69, 9.17) is 18.9 Å². The second kappa shape index (κ2) is 7.29. The van der Waals surface area contributed by atoms with Crippen molar-refractivity contribution in [3.63, 3.8) is 0 Å². The van der Waals surface area contributed by atoms with Crippen LogP contribution in [0.15, 0.2) is 30.9 Å². The number of ether oxygens (including phenoxy) is 4. The van der Waals surface area contributed by atoms with Gasteiger partial charge in [0.2, 0.25) is 6.79 Å². The highest BCUT2D eigenvalue weighted by Crippen LogP contribution is 2.41. The third kappa shape index (κ3) is 3.19. The highest BCUT2D eigenvalue weighted by atomic mass is 16.7. The van der Waals surface area contributed by atoms with Gasteiger partial charge in [-0.25, -0.2) is 0 Å². The molecule has 0 spiro atoms. The number of hydrogen-bond acceptors (Lipinski definition) is 5. The third-order valence-corrected chi connectivity index (χ3v) is 5.52. The summed E-state index contributed by atoms with van der Waals surface area (Å²) in [5.74, 6) is 1.35. The number of rotatable bonds is 5. The molecule has 1 aromatic rings. The molecule has 1 amide bonds. The van der Waals surface area contributed by atoms with Gasteiger partial charge >= 0.3 is 0 Å². The highest BCUT2D eigenvalue weighted by Gasteiger charge is 2.47. The Kier molecular flexibility index (Phi) is 4.87. The van der Waals surface area contributed by atoms with Crippen LogP contribution in [0.3, 0.4) is 0 Å². The van der Waals surface area contributed by atoms with Gasteiger partial charge in [0.1, 0.15) is 0 Å². The van der Waals surface area contributed by atoms with Gasteiger partial charge in [-0.15, -0.1) is 6.58 Å². The van der Waals surface area contributed by atoms with Crippen LogP contribution in [-0.4, -0.2) is 56.6 Å². The van der Waals surface area contributed by atoms with Crippen molar-refractivity contribution in [2.24, 2.45) is 5.41 Å². The second-order valence-electron chi connectivity index (χ2n) is 7.21. The number of nitrogens with zero attached hydrogens (tertiary/aromatic N) is 1.